The molecule has 2 rings (SSSR count). The third-order valence-electron chi connectivity index (χ3n) is 3.15. The molecule has 93 valence electrons. The fourth-order valence-electron chi connectivity index (χ4n) is 2.17. The Morgan fingerprint density at radius 3 is 2.44 bits per heavy atom. The van der Waals surface area contributed by atoms with Crippen molar-refractivity contribution in [3.05, 3.63) is 58.4 Å². The molecule has 0 nitrogen and oxygen atoms in total. The Kier molecular flexibility index (Phi) is 4.03. The number of aryl methyl sites for hydroxylation is 2. The molecule has 0 aliphatic carbocycles. The topological polar surface area (TPSA) is 0 Å². The van der Waals surface area contributed by atoms with Gasteiger partial charge in [-0.2, -0.15) is 0 Å². The van der Waals surface area contributed by atoms with E-state index in [1.807, 2.05) is 12.1 Å². The highest BCUT2D eigenvalue weighted by Crippen LogP contribution is 2.31. The van der Waals surface area contributed by atoms with Crippen LogP contribution in [0.2, 0.25) is 5.02 Å². The maximum Gasteiger partial charge on any atom is 0.140 e. The normalized spacial score (nSPS) is 10.7. The number of rotatable bonds is 3. The van der Waals surface area contributed by atoms with Gasteiger partial charge in [-0.1, -0.05) is 43.6 Å². The molecule has 0 aromatic heterocycles. The SMILES string of the molecule is CCc1ccc(-c2c(F)[c]ccc2Cl)cc1CC. The molecule has 0 heterocycles. The maximum atomic E-state index is 13.8. The lowest BCUT2D eigenvalue weighted by Crippen LogP contribution is -1.93. The van der Waals surface area contributed by atoms with Crippen LogP contribution in [0.3, 0.4) is 0 Å². The van der Waals surface area contributed by atoms with Crippen molar-refractivity contribution in [1.82, 2.24) is 0 Å². The average Bonchev–Trinajstić information content (AvgIpc) is 2.38. The lowest BCUT2D eigenvalue weighted by atomic mass is 9.96. The molecule has 0 amide bonds. The second-order valence-corrected chi connectivity index (χ2v) is 4.61. The van der Waals surface area contributed by atoms with Crippen molar-refractivity contribution < 1.29 is 4.39 Å². The largest absolute Gasteiger partial charge is 0.206 e. The van der Waals surface area contributed by atoms with Gasteiger partial charge in [0, 0.05) is 11.6 Å². The van der Waals surface area contributed by atoms with E-state index in [0.717, 1.165) is 18.4 Å². The van der Waals surface area contributed by atoms with Crippen LogP contribution in [0.1, 0.15) is 25.0 Å². The van der Waals surface area contributed by atoms with Gasteiger partial charge in [0.15, 0.2) is 0 Å². The second-order valence-electron chi connectivity index (χ2n) is 4.21. The van der Waals surface area contributed by atoms with E-state index in [2.05, 4.69) is 26.0 Å². The first-order valence-corrected chi connectivity index (χ1v) is 6.53. The Balaban J connectivity index is 2.58. The summed E-state index contributed by atoms with van der Waals surface area (Å²) in [5.41, 5.74) is 3.81. The molecule has 18 heavy (non-hydrogen) atoms. The monoisotopic (exact) mass is 261 g/mol. The molecule has 0 N–H and O–H groups in total. The first-order valence-electron chi connectivity index (χ1n) is 6.15. The molecule has 0 spiro atoms. The lowest BCUT2D eigenvalue weighted by Gasteiger charge is -2.11. The van der Waals surface area contributed by atoms with Crippen LogP contribution in [0.25, 0.3) is 11.1 Å². The Labute approximate surface area is 112 Å². The first-order chi connectivity index (χ1) is 8.67. The molecule has 2 heteroatoms. The summed E-state index contributed by atoms with van der Waals surface area (Å²) in [5, 5.41) is 0.428. The molecule has 1 radical (unpaired) electrons. The van der Waals surface area contributed by atoms with Crippen LogP contribution in [-0.4, -0.2) is 0 Å². The van der Waals surface area contributed by atoms with Gasteiger partial charge >= 0.3 is 0 Å². The minimum absolute atomic E-state index is 0.395. The Hall–Kier alpha value is -1.34. The number of hydrogen-bond acceptors (Lipinski definition) is 0. The molecular formula is C16H15ClF. The molecule has 2 aromatic carbocycles. The minimum atomic E-state index is -0.395. The lowest BCUT2D eigenvalue weighted by molar-refractivity contribution is 0.629. The molecule has 0 saturated carbocycles. The summed E-state index contributed by atoms with van der Waals surface area (Å²) < 4.78 is 13.8. The zero-order valence-electron chi connectivity index (χ0n) is 10.6. The summed E-state index contributed by atoms with van der Waals surface area (Å²) in [5.74, 6) is -0.395. The predicted octanol–water partition coefficient (Wildman–Crippen LogP) is 5.07. The summed E-state index contributed by atoms with van der Waals surface area (Å²) in [6.45, 7) is 4.23. The maximum absolute atomic E-state index is 13.8. The van der Waals surface area contributed by atoms with Crippen molar-refractivity contribution in [1.29, 1.82) is 0 Å². The number of hydrogen-bond donors (Lipinski definition) is 0. The molecule has 0 unspecified atom stereocenters. The third-order valence-corrected chi connectivity index (χ3v) is 3.47. The van der Waals surface area contributed by atoms with Gasteiger partial charge < -0.3 is 0 Å². The molecule has 0 aliphatic heterocycles. The van der Waals surface area contributed by atoms with Gasteiger partial charge in [0.2, 0.25) is 0 Å². The fourth-order valence-corrected chi connectivity index (χ4v) is 2.42. The van der Waals surface area contributed by atoms with Crippen molar-refractivity contribution in [2.45, 2.75) is 26.7 Å². The van der Waals surface area contributed by atoms with E-state index in [9.17, 15) is 4.39 Å². The summed E-state index contributed by atoms with van der Waals surface area (Å²) in [7, 11) is 0. The minimum Gasteiger partial charge on any atom is -0.206 e. The average molecular weight is 262 g/mol. The number of halogens is 2. The van der Waals surface area contributed by atoms with E-state index in [-0.39, 0.29) is 0 Å². The summed E-state index contributed by atoms with van der Waals surface area (Å²) in [4.78, 5) is 0. The van der Waals surface area contributed by atoms with E-state index in [1.165, 1.54) is 17.2 Å². The Bertz CT molecular complexity index is 541. The van der Waals surface area contributed by atoms with Gasteiger partial charge in [-0.25, -0.2) is 4.39 Å². The van der Waals surface area contributed by atoms with Crippen molar-refractivity contribution in [3.63, 3.8) is 0 Å². The second kappa shape index (κ2) is 5.53. The van der Waals surface area contributed by atoms with E-state index in [0.29, 0.717) is 10.6 Å². The highest BCUT2D eigenvalue weighted by atomic mass is 35.5. The van der Waals surface area contributed by atoms with Gasteiger partial charge in [-0.05, 0) is 41.7 Å². The van der Waals surface area contributed by atoms with Crippen molar-refractivity contribution >= 4 is 11.6 Å². The van der Waals surface area contributed by atoms with Crippen LogP contribution in [0.15, 0.2) is 30.3 Å². The van der Waals surface area contributed by atoms with E-state index in [1.54, 1.807) is 6.07 Å². The molecule has 0 saturated heterocycles. The van der Waals surface area contributed by atoms with Crippen LogP contribution >= 0.6 is 11.6 Å². The first kappa shape index (κ1) is 13.1. The van der Waals surface area contributed by atoms with Crippen LogP contribution in [0.5, 0.6) is 0 Å². The van der Waals surface area contributed by atoms with Crippen LogP contribution < -0.4 is 0 Å². The van der Waals surface area contributed by atoms with Gasteiger partial charge in [0.25, 0.3) is 0 Å². The number of benzene rings is 2. The standard InChI is InChI=1S/C16H15ClF/c1-3-11-8-9-13(10-12(11)4-2)16-14(17)6-5-7-15(16)18/h5-6,8-10H,3-4H2,1-2H3. The predicted molar refractivity (Wildman–Crippen MR) is 74.4 cm³/mol. The van der Waals surface area contributed by atoms with Gasteiger partial charge in [0.05, 0.1) is 5.02 Å². The van der Waals surface area contributed by atoms with E-state index < -0.39 is 5.82 Å². The highest BCUT2D eigenvalue weighted by Gasteiger charge is 2.11. The van der Waals surface area contributed by atoms with Gasteiger partial charge in [-0.15, -0.1) is 0 Å². The van der Waals surface area contributed by atoms with Crippen molar-refractivity contribution in [2.24, 2.45) is 0 Å². The van der Waals surface area contributed by atoms with Crippen molar-refractivity contribution in [3.8, 4) is 11.1 Å². The Morgan fingerprint density at radius 1 is 1.11 bits per heavy atom. The fraction of sp³-hybridized carbons (Fsp3) is 0.250. The Morgan fingerprint density at radius 2 is 1.83 bits per heavy atom. The molecule has 0 fully saturated rings. The van der Waals surface area contributed by atoms with E-state index >= 15 is 0 Å². The zero-order chi connectivity index (χ0) is 13.1. The summed E-state index contributed by atoms with van der Waals surface area (Å²) in [6.07, 6.45) is 1.92. The van der Waals surface area contributed by atoms with Crippen LogP contribution in [0, 0.1) is 11.9 Å². The molecule has 0 aliphatic rings. The van der Waals surface area contributed by atoms with Gasteiger partial charge in [0.1, 0.15) is 5.82 Å². The smallest absolute Gasteiger partial charge is 0.140 e. The molecular weight excluding hydrogens is 247 g/mol. The quantitative estimate of drug-likeness (QED) is 0.724. The molecule has 0 bridgehead atoms. The van der Waals surface area contributed by atoms with E-state index in [4.69, 9.17) is 11.6 Å². The van der Waals surface area contributed by atoms with Gasteiger partial charge in [-0.3, -0.25) is 0 Å². The highest BCUT2D eigenvalue weighted by molar-refractivity contribution is 6.33. The van der Waals surface area contributed by atoms with Crippen LogP contribution in [0.4, 0.5) is 4.39 Å². The summed E-state index contributed by atoms with van der Waals surface area (Å²) in [6, 6.07) is 11.7. The summed E-state index contributed by atoms with van der Waals surface area (Å²) >= 11 is 6.07. The zero-order valence-corrected chi connectivity index (χ0v) is 11.3. The molecule has 2 aromatic rings. The third kappa shape index (κ3) is 2.41. The van der Waals surface area contributed by atoms with Crippen molar-refractivity contribution in [2.75, 3.05) is 0 Å². The van der Waals surface area contributed by atoms with Crippen LogP contribution in [-0.2, 0) is 12.8 Å². The molecule has 0 atom stereocenters.